The van der Waals surface area contributed by atoms with E-state index in [4.69, 9.17) is 0 Å². The molecule has 0 saturated carbocycles. The Balaban J connectivity index is 1.23. The van der Waals surface area contributed by atoms with Crippen LogP contribution in [0.4, 0.5) is 17.1 Å². The van der Waals surface area contributed by atoms with E-state index in [1.807, 2.05) is 0 Å². The first-order chi connectivity index (χ1) is 32.0. The van der Waals surface area contributed by atoms with Gasteiger partial charge in [0.1, 0.15) is 0 Å². The third-order valence-electron chi connectivity index (χ3n) is 14.5. The summed E-state index contributed by atoms with van der Waals surface area (Å²) in [7, 11) is 0. The van der Waals surface area contributed by atoms with Crippen molar-refractivity contribution in [3.63, 3.8) is 0 Å². The molecule has 0 amide bonds. The molecule has 1 spiro atoms. The maximum absolute atomic E-state index is 2.61. The maximum Gasteiger partial charge on any atom is 0.0726 e. The van der Waals surface area contributed by atoms with Crippen LogP contribution < -0.4 is 4.90 Å². The van der Waals surface area contributed by atoms with Crippen LogP contribution in [0.1, 0.15) is 74.9 Å². The Kier molecular flexibility index (Phi) is 8.97. The third-order valence-corrected chi connectivity index (χ3v) is 14.5. The van der Waals surface area contributed by atoms with Crippen LogP contribution in [0.2, 0.25) is 0 Å². The van der Waals surface area contributed by atoms with Gasteiger partial charge in [-0.05, 0) is 123 Å². The van der Waals surface area contributed by atoms with Gasteiger partial charge in [0.2, 0.25) is 0 Å². The Morgan fingerprint density at radius 3 is 1.61 bits per heavy atom. The molecule has 12 rings (SSSR count). The van der Waals surface area contributed by atoms with Gasteiger partial charge in [-0.25, -0.2) is 0 Å². The summed E-state index contributed by atoms with van der Waals surface area (Å²) in [6.07, 6.45) is 0. The molecule has 10 aromatic carbocycles. The summed E-state index contributed by atoms with van der Waals surface area (Å²) >= 11 is 0. The number of fused-ring (bicyclic) bond motifs is 11. The van der Waals surface area contributed by atoms with Crippen molar-refractivity contribution >= 4 is 38.6 Å². The number of rotatable bonds is 5. The molecule has 0 bridgehead atoms. The van der Waals surface area contributed by atoms with Crippen LogP contribution in [0.25, 0.3) is 66.1 Å². The standard InChI is InChI=1S/C65H53N/c1-63(2,3)52-39-40-55-61-49(52)29-19-30-51(61)60-48-27-14-13-26-47(48)56(64(4,5)6)41-57(60)65(55)53-31-17-15-28-50(53)62-54(65)32-20-34-59(62)66(45-37-35-43(36-38-45)42-21-9-7-10-22-42)58-33-18-16-25-46(58)44-23-11-8-12-24-44/h7-41H,1-6H3. The predicted octanol–water partition coefficient (Wildman–Crippen LogP) is 17.7. The van der Waals surface area contributed by atoms with Gasteiger partial charge in [0, 0.05) is 16.8 Å². The van der Waals surface area contributed by atoms with E-state index in [1.165, 1.54) is 99.4 Å². The molecule has 0 aliphatic heterocycles. The van der Waals surface area contributed by atoms with E-state index >= 15 is 0 Å². The average Bonchev–Trinajstić information content (AvgIpc) is 3.64. The van der Waals surface area contributed by atoms with E-state index < -0.39 is 5.41 Å². The molecular formula is C65H53N. The molecule has 318 valence electrons. The van der Waals surface area contributed by atoms with Crippen LogP contribution in [0.15, 0.2) is 212 Å². The molecule has 0 saturated heterocycles. The average molecular weight is 848 g/mol. The number of hydrogen-bond donors (Lipinski definition) is 0. The van der Waals surface area contributed by atoms with Crippen LogP contribution in [-0.4, -0.2) is 0 Å². The molecule has 2 aliphatic rings. The van der Waals surface area contributed by atoms with Crippen molar-refractivity contribution in [2.24, 2.45) is 0 Å². The Morgan fingerprint density at radius 2 is 0.879 bits per heavy atom. The zero-order chi connectivity index (χ0) is 45.0. The molecule has 2 aliphatic carbocycles. The van der Waals surface area contributed by atoms with E-state index in [2.05, 4.69) is 259 Å². The zero-order valence-electron chi connectivity index (χ0n) is 38.7. The van der Waals surface area contributed by atoms with Crippen molar-refractivity contribution in [2.75, 3.05) is 4.90 Å². The summed E-state index contributed by atoms with van der Waals surface area (Å²) in [5, 5.41) is 5.35. The van der Waals surface area contributed by atoms with E-state index in [9.17, 15) is 0 Å². The number of hydrogen-bond acceptors (Lipinski definition) is 1. The topological polar surface area (TPSA) is 3.24 Å². The largest absolute Gasteiger partial charge is 0.309 e. The molecule has 1 unspecified atom stereocenters. The summed E-state index contributed by atoms with van der Waals surface area (Å²) in [5.74, 6) is 0. The number of benzene rings is 10. The van der Waals surface area contributed by atoms with Crippen LogP contribution in [-0.2, 0) is 16.2 Å². The van der Waals surface area contributed by atoms with Crippen molar-refractivity contribution in [1.82, 2.24) is 0 Å². The molecule has 1 heteroatoms. The minimum atomic E-state index is -0.619. The number of para-hydroxylation sites is 1. The van der Waals surface area contributed by atoms with E-state index in [0.29, 0.717) is 0 Å². The van der Waals surface area contributed by atoms with Gasteiger partial charge in [0.05, 0.1) is 16.8 Å². The maximum atomic E-state index is 2.61. The highest BCUT2D eigenvalue weighted by molar-refractivity contribution is 6.15. The second-order valence-corrected chi connectivity index (χ2v) is 20.4. The van der Waals surface area contributed by atoms with Crippen molar-refractivity contribution < 1.29 is 0 Å². The minimum Gasteiger partial charge on any atom is -0.309 e. The fourth-order valence-electron chi connectivity index (χ4n) is 11.8. The van der Waals surface area contributed by atoms with Crippen LogP contribution in [0.5, 0.6) is 0 Å². The van der Waals surface area contributed by atoms with Gasteiger partial charge in [-0.3, -0.25) is 0 Å². The van der Waals surface area contributed by atoms with Gasteiger partial charge < -0.3 is 4.90 Å². The first-order valence-corrected chi connectivity index (χ1v) is 23.5. The van der Waals surface area contributed by atoms with Crippen LogP contribution >= 0.6 is 0 Å². The Morgan fingerprint density at radius 1 is 0.333 bits per heavy atom. The molecule has 1 atom stereocenters. The Labute approximate surface area is 389 Å². The van der Waals surface area contributed by atoms with E-state index in [1.54, 1.807) is 0 Å². The van der Waals surface area contributed by atoms with Gasteiger partial charge in [-0.2, -0.15) is 0 Å². The second-order valence-electron chi connectivity index (χ2n) is 20.4. The minimum absolute atomic E-state index is 0.0515. The van der Waals surface area contributed by atoms with Gasteiger partial charge in [0.15, 0.2) is 0 Å². The highest BCUT2D eigenvalue weighted by Gasteiger charge is 2.52. The van der Waals surface area contributed by atoms with Crippen molar-refractivity contribution in [3.05, 3.63) is 246 Å². The lowest BCUT2D eigenvalue weighted by Gasteiger charge is -2.42. The molecule has 0 N–H and O–H groups in total. The smallest absolute Gasteiger partial charge is 0.0726 e. The highest BCUT2D eigenvalue weighted by atomic mass is 15.1. The van der Waals surface area contributed by atoms with Crippen LogP contribution in [0.3, 0.4) is 0 Å². The summed E-state index contributed by atoms with van der Waals surface area (Å²) in [6.45, 7) is 14.2. The Bertz CT molecular complexity index is 3530. The summed E-state index contributed by atoms with van der Waals surface area (Å²) < 4.78 is 0. The number of nitrogens with zero attached hydrogens (tertiary/aromatic N) is 1. The molecule has 1 nitrogen and oxygen atoms in total. The second kappa shape index (κ2) is 14.8. The molecule has 66 heavy (non-hydrogen) atoms. The van der Waals surface area contributed by atoms with Gasteiger partial charge in [0.25, 0.3) is 0 Å². The lowest BCUT2D eigenvalue weighted by molar-refractivity contribution is 0.592. The number of anilines is 3. The highest BCUT2D eigenvalue weighted by Crippen LogP contribution is 2.65. The quantitative estimate of drug-likeness (QED) is 0.167. The first kappa shape index (κ1) is 40.1. The lowest BCUT2D eigenvalue weighted by atomic mass is 9.59. The summed E-state index contributed by atoms with van der Waals surface area (Å²) in [6, 6.07) is 79.9. The van der Waals surface area contributed by atoms with Crippen LogP contribution in [0, 0.1) is 0 Å². The molecular weight excluding hydrogens is 795 g/mol. The van der Waals surface area contributed by atoms with E-state index in [0.717, 1.165) is 17.1 Å². The monoisotopic (exact) mass is 847 g/mol. The van der Waals surface area contributed by atoms with Gasteiger partial charge in [-0.15, -0.1) is 0 Å². The fraction of sp³-hybridized carbons (Fsp3) is 0.138. The van der Waals surface area contributed by atoms with Gasteiger partial charge in [-0.1, -0.05) is 230 Å². The molecule has 0 fully saturated rings. The van der Waals surface area contributed by atoms with Crippen molar-refractivity contribution in [1.29, 1.82) is 0 Å². The molecule has 0 heterocycles. The normalized spacial score (nSPS) is 14.9. The third kappa shape index (κ3) is 5.85. The van der Waals surface area contributed by atoms with Gasteiger partial charge >= 0.3 is 0 Å². The molecule has 0 aromatic heterocycles. The van der Waals surface area contributed by atoms with Crippen molar-refractivity contribution in [3.8, 4) is 44.5 Å². The van der Waals surface area contributed by atoms with Crippen molar-refractivity contribution in [2.45, 2.75) is 57.8 Å². The lowest BCUT2D eigenvalue weighted by Crippen LogP contribution is -2.33. The fourth-order valence-corrected chi connectivity index (χ4v) is 11.8. The van der Waals surface area contributed by atoms with E-state index in [-0.39, 0.29) is 10.8 Å². The first-order valence-electron chi connectivity index (χ1n) is 23.5. The zero-order valence-corrected chi connectivity index (χ0v) is 38.7. The molecule has 0 radical (unpaired) electrons. The molecule has 10 aromatic rings. The summed E-state index contributed by atoms with van der Waals surface area (Å²) in [4.78, 5) is 2.53. The predicted molar refractivity (Wildman–Crippen MR) is 281 cm³/mol. The SMILES string of the molecule is CC(C)(C)c1cc2c(c3ccccc13)-c1cccc3c(C(C)(C)C)ccc(c13)C21c2ccccc2-c2c(N(c3ccc(-c4ccccc4)cc3)c3ccccc3-c3ccccc3)cccc21. The summed E-state index contributed by atoms with van der Waals surface area (Å²) in [5.41, 5.74) is 20.7. The Hall–Kier alpha value is -7.48.